The fourth-order valence-corrected chi connectivity index (χ4v) is 5.05. The normalized spacial score (nSPS) is 17.5. The van der Waals surface area contributed by atoms with Crippen molar-refractivity contribution in [2.45, 2.75) is 12.5 Å². The van der Waals surface area contributed by atoms with Gasteiger partial charge in [-0.1, -0.05) is 45.9 Å². The Morgan fingerprint density at radius 1 is 1.20 bits per heavy atom. The van der Waals surface area contributed by atoms with Gasteiger partial charge in [0.05, 0.1) is 17.1 Å². The number of carbonyl (C=O) groups is 1. The first-order valence-corrected chi connectivity index (χ1v) is 11.5. The maximum absolute atomic E-state index is 12.8. The van der Waals surface area contributed by atoms with Gasteiger partial charge in [0, 0.05) is 16.0 Å². The Morgan fingerprint density at radius 2 is 2.00 bits per heavy atom. The Hall–Kier alpha value is -2.42. The number of thioether (sulfide) groups is 1. The lowest BCUT2D eigenvalue weighted by molar-refractivity contribution is -0.114. The molecule has 0 amide bonds. The third-order valence-electron chi connectivity index (χ3n) is 4.48. The van der Waals surface area contributed by atoms with E-state index in [9.17, 15) is 4.79 Å². The molecule has 3 aromatic rings. The number of ether oxygens (including phenoxy) is 2. The van der Waals surface area contributed by atoms with Crippen LogP contribution in [0.4, 0.5) is 0 Å². The number of benzene rings is 2. The number of rotatable bonds is 6. The van der Waals surface area contributed by atoms with Gasteiger partial charge in [-0.25, -0.2) is 4.98 Å². The molecule has 0 bridgehead atoms. The molecule has 0 unspecified atom stereocenters. The Labute approximate surface area is 190 Å². The summed E-state index contributed by atoms with van der Waals surface area (Å²) in [5, 5.41) is 11.0. The lowest BCUT2D eigenvalue weighted by Gasteiger charge is -2.11. The van der Waals surface area contributed by atoms with E-state index in [0.29, 0.717) is 33.1 Å². The summed E-state index contributed by atoms with van der Waals surface area (Å²) in [6, 6.07) is 13.5. The van der Waals surface area contributed by atoms with Crippen LogP contribution in [0.1, 0.15) is 22.1 Å². The summed E-state index contributed by atoms with van der Waals surface area (Å²) in [6.45, 7) is 0.422. The first-order valence-electron chi connectivity index (χ1n) is 9.02. The van der Waals surface area contributed by atoms with Crippen molar-refractivity contribution in [3.8, 4) is 11.5 Å². The van der Waals surface area contributed by atoms with Crippen LogP contribution in [-0.2, 0) is 11.4 Å². The molecule has 1 saturated heterocycles. The van der Waals surface area contributed by atoms with Gasteiger partial charge in [0.25, 0.3) is 0 Å². The van der Waals surface area contributed by atoms with E-state index in [1.807, 2.05) is 47.8 Å². The second-order valence-corrected chi connectivity index (χ2v) is 9.39. The molecule has 1 aliphatic heterocycles. The average Bonchev–Trinajstić information content (AvgIpc) is 3.36. The van der Waals surface area contributed by atoms with Gasteiger partial charge in [0.2, 0.25) is 0 Å². The molecular weight excluding hydrogens is 484 g/mol. The van der Waals surface area contributed by atoms with Gasteiger partial charge in [-0.15, -0.1) is 11.3 Å². The first kappa shape index (κ1) is 20.8. The Bertz CT molecular complexity index is 1110. The number of ketones is 1. The third kappa shape index (κ3) is 4.50. The number of aromatic nitrogens is 1. The van der Waals surface area contributed by atoms with Gasteiger partial charge in [-0.3, -0.25) is 10.2 Å². The van der Waals surface area contributed by atoms with E-state index in [1.54, 1.807) is 19.4 Å². The molecule has 2 aromatic carbocycles. The summed E-state index contributed by atoms with van der Waals surface area (Å²) >= 11 is 6.01. The first-order chi connectivity index (χ1) is 14.5. The lowest BCUT2D eigenvalue weighted by atomic mass is 10.0. The van der Waals surface area contributed by atoms with Crippen LogP contribution in [0.5, 0.6) is 11.5 Å². The molecule has 30 heavy (non-hydrogen) atoms. The van der Waals surface area contributed by atoms with Gasteiger partial charge >= 0.3 is 0 Å². The molecule has 8 heteroatoms. The number of methoxy groups -OCH3 is 1. The molecule has 0 saturated carbocycles. The Kier molecular flexibility index (Phi) is 6.36. The van der Waals surface area contributed by atoms with E-state index in [2.05, 4.69) is 20.9 Å². The molecule has 1 N–H and O–H groups in total. The quantitative estimate of drug-likeness (QED) is 0.425. The van der Waals surface area contributed by atoms with Crippen LogP contribution in [0, 0.1) is 5.41 Å². The van der Waals surface area contributed by atoms with Crippen LogP contribution in [0.15, 0.2) is 63.4 Å². The van der Waals surface area contributed by atoms with Crippen molar-refractivity contribution in [2.24, 2.45) is 0 Å². The minimum atomic E-state index is -0.586. The highest BCUT2D eigenvalue weighted by atomic mass is 79.9. The monoisotopic (exact) mass is 500 g/mol. The van der Waals surface area contributed by atoms with Gasteiger partial charge in [-0.05, 0) is 41.5 Å². The maximum atomic E-state index is 12.8. The second kappa shape index (κ2) is 9.16. The molecule has 1 fully saturated rings. The number of hydrogen-bond acceptors (Lipinski definition) is 7. The zero-order valence-corrected chi connectivity index (χ0v) is 19.1. The number of carbonyl (C=O) groups excluding carboxylic acids is 1. The summed E-state index contributed by atoms with van der Waals surface area (Å²) in [5.41, 5.74) is 1.86. The predicted molar refractivity (Wildman–Crippen MR) is 125 cm³/mol. The summed E-state index contributed by atoms with van der Waals surface area (Å²) in [4.78, 5) is 17.5. The summed E-state index contributed by atoms with van der Waals surface area (Å²) in [7, 11) is 1.59. The molecule has 4 rings (SSSR count). The smallest absolute Gasteiger partial charge is 0.186 e. The van der Waals surface area contributed by atoms with Crippen LogP contribution in [0.2, 0.25) is 0 Å². The zero-order chi connectivity index (χ0) is 21.1. The van der Waals surface area contributed by atoms with Crippen molar-refractivity contribution in [1.29, 1.82) is 5.41 Å². The topological polar surface area (TPSA) is 72.3 Å². The van der Waals surface area contributed by atoms with Crippen LogP contribution < -0.4 is 9.47 Å². The number of nitrogens with zero attached hydrogens (tertiary/aromatic N) is 1. The van der Waals surface area contributed by atoms with Crippen LogP contribution in [0.3, 0.4) is 0 Å². The van der Waals surface area contributed by atoms with E-state index in [0.717, 1.165) is 15.6 Å². The highest BCUT2D eigenvalue weighted by molar-refractivity contribution is 9.10. The highest BCUT2D eigenvalue weighted by Gasteiger charge is 2.38. The van der Waals surface area contributed by atoms with E-state index in [-0.39, 0.29) is 5.78 Å². The maximum Gasteiger partial charge on any atom is 0.186 e. The van der Waals surface area contributed by atoms with Crippen molar-refractivity contribution in [2.75, 3.05) is 7.11 Å². The Balaban J connectivity index is 1.52. The minimum absolute atomic E-state index is 0.0884. The van der Waals surface area contributed by atoms with E-state index < -0.39 is 5.92 Å². The van der Waals surface area contributed by atoms with Gasteiger partial charge < -0.3 is 9.47 Å². The summed E-state index contributed by atoms with van der Waals surface area (Å²) in [5.74, 6) is 0.538. The number of allylic oxidation sites excluding steroid dienone is 1. The third-order valence-corrected chi connectivity index (χ3v) is 6.84. The van der Waals surface area contributed by atoms with E-state index in [4.69, 9.17) is 14.9 Å². The SMILES string of the molecule is COc1cc(/C=C2\SC(=N)[C@H](c3nccs3)C2=O)ccc1OCc1ccc(Br)cc1. The van der Waals surface area contributed by atoms with Crippen LogP contribution >= 0.6 is 39.0 Å². The standard InChI is InChI=1S/C22H17BrN2O3S2/c1-27-17-10-14(4-7-16(17)28-12-13-2-5-15(23)6-3-13)11-18-20(26)19(21(24)30-18)22-25-8-9-29-22/h2-11,19,24H,12H2,1H3/b18-11-,24-21?/t19-/m1/s1. The molecule has 152 valence electrons. The Morgan fingerprint density at radius 3 is 2.70 bits per heavy atom. The number of Topliss-reactive ketones (excluding diaryl/α,β-unsaturated/α-hetero) is 1. The molecule has 1 aromatic heterocycles. The van der Waals surface area contributed by atoms with Crippen molar-refractivity contribution in [3.05, 3.63) is 79.6 Å². The number of nitrogens with one attached hydrogen (secondary N) is 1. The highest BCUT2D eigenvalue weighted by Crippen LogP contribution is 2.41. The number of hydrogen-bond donors (Lipinski definition) is 1. The summed E-state index contributed by atoms with van der Waals surface area (Å²) < 4.78 is 12.4. The molecule has 0 aliphatic carbocycles. The van der Waals surface area contributed by atoms with E-state index >= 15 is 0 Å². The van der Waals surface area contributed by atoms with Crippen molar-refractivity contribution >= 4 is 55.9 Å². The lowest BCUT2D eigenvalue weighted by Crippen LogP contribution is -2.11. The van der Waals surface area contributed by atoms with Crippen LogP contribution in [0.25, 0.3) is 6.08 Å². The molecule has 0 spiro atoms. The van der Waals surface area contributed by atoms with Crippen molar-refractivity contribution in [1.82, 2.24) is 4.98 Å². The fraction of sp³-hybridized carbons (Fsp3) is 0.136. The molecule has 0 radical (unpaired) electrons. The van der Waals surface area contributed by atoms with Crippen molar-refractivity contribution < 1.29 is 14.3 Å². The average molecular weight is 501 g/mol. The van der Waals surface area contributed by atoms with Gasteiger partial charge in [0.15, 0.2) is 17.3 Å². The molecule has 1 aliphatic rings. The summed E-state index contributed by atoms with van der Waals surface area (Å²) in [6.07, 6.45) is 3.45. The van der Waals surface area contributed by atoms with Gasteiger partial charge in [0.1, 0.15) is 17.5 Å². The molecule has 2 heterocycles. The molecule has 5 nitrogen and oxygen atoms in total. The van der Waals surface area contributed by atoms with Gasteiger partial charge in [-0.2, -0.15) is 0 Å². The molecule has 1 atom stereocenters. The predicted octanol–water partition coefficient (Wildman–Crippen LogP) is 5.91. The fourth-order valence-electron chi connectivity index (χ4n) is 2.98. The molecular formula is C22H17BrN2O3S2. The second-order valence-electron chi connectivity index (χ2n) is 6.47. The largest absolute Gasteiger partial charge is 0.493 e. The number of halogens is 1. The minimum Gasteiger partial charge on any atom is -0.493 e. The van der Waals surface area contributed by atoms with Crippen LogP contribution in [-0.4, -0.2) is 22.9 Å². The zero-order valence-electron chi connectivity index (χ0n) is 15.9. The van der Waals surface area contributed by atoms with E-state index in [1.165, 1.54) is 23.1 Å². The number of thiazole rings is 1. The van der Waals surface area contributed by atoms with Crippen molar-refractivity contribution in [3.63, 3.8) is 0 Å².